The number of aryl methyl sites for hydroxylation is 2. The molecule has 5 nitrogen and oxygen atoms in total. The molecular weight excluding hydrogens is 372 g/mol. The number of aromatic nitrogens is 3. The molecule has 0 spiro atoms. The third-order valence-corrected chi connectivity index (χ3v) is 7.55. The van der Waals surface area contributed by atoms with Gasteiger partial charge in [0.2, 0.25) is 5.91 Å². The van der Waals surface area contributed by atoms with Crippen LogP contribution in [-0.4, -0.2) is 26.1 Å². The standard InChI is InChI=1S/C17H18N4OS3/c1-2-11(14(22)21-17-18-7-8-23-17)24-15-13-10-5-3-4-6-12(10)25-16(13)20-9-19-15/h7-9,11H,2-6H2,1H3,(H,18,21,22). The molecule has 4 rings (SSSR count). The monoisotopic (exact) mass is 390 g/mol. The maximum Gasteiger partial charge on any atom is 0.239 e. The van der Waals surface area contributed by atoms with E-state index in [1.54, 1.807) is 35.6 Å². The van der Waals surface area contributed by atoms with Crippen molar-refractivity contribution in [2.75, 3.05) is 5.32 Å². The highest BCUT2D eigenvalue weighted by atomic mass is 32.2. The zero-order chi connectivity index (χ0) is 17.2. The summed E-state index contributed by atoms with van der Waals surface area (Å²) < 4.78 is 0. The first-order valence-corrected chi connectivity index (χ1v) is 11.0. The van der Waals surface area contributed by atoms with Crippen LogP contribution in [0.2, 0.25) is 0 Å². The van der Waals surface area contributed by atoms with Gasteiger partial charge in [0.1, 0.15) is 16.2 Å². The Morgan fingerprint density at radius 3 is 3.00 bits per heavy atom. The topological polar surface area (TPSA) is 67.8 Å². The number of fused-ring (bicyclic) bond motifs is 3. The molecule has 25 heavy (non-hydrogen) atoms. The lowest BCUT2D eigenvalue weighted by molar-refractivity contribution is -0.115. The first-order chi connectivity index (χ1) is 12.3. The fourth-order valence-electron chi connectivity index (χ4n) is 3.08. The molecule has 1 aliphatic carbocycles. The zero-order valence-corrected chi connectivity index (χ0v) is 16.3. The van der Waals surface area contributed by atoms with Crippen molar-refractivity contribution in [3.05, 3.63) is 28.3 Å². The van der Waals surface area contributed by atoms with Crippen molar-refractivity contribution < 1.29 is 4.79 Å². The molecule has 3 aromatic heterocycles. The lowest BCUT2D eigenvalue weighted by atomic mass is 9.97. The van der Waals surface area contributed by atoms with E-state index >= 15 is 0 Å². The lowest BCUT2D eigenvalue weighted by Gasteiger charge is -2.15. The fraction of sp³-hybridized carbons (Fsp3) is 0.412. The summed E-state index contributed by atoms with van der Waals surface area (Å²) in [4.78, 5) is 28.2. The maximum atomic E-state index is 12.6. The average Bonchev–Trinajstić information content (AvgIpc) is 3.26. The second kappa shape index (κ2) is 7.39. The number of amides is 1. The van der Waals surface area contributed by atoms with Gasteiger partial charge in [-0.15, -0.1) is 22.7 Å². The fourth-order valence-corrected chi connectivity index (χ4v) is 5.95. The molecule has 3 aromatic rings. The number of thioether (sulfide) groups is 1. The minimum atomic E-state index is -0.193. The van der Waals surface area contributed by atoms with Crippen LogP contribution in [0.5, 0.6) is 0 Å². The van der Waals surface area contributed by atoms with Gasteiger partial charge in [-0.25, -0.2) is 15.0 Å². The number of hydrogen-bond donors (Lipinski definition) is 1. The minimum absolute atomic E-state index is 0.0155. The minimum Gasteiger partial charge on any atom is -0.301 e. The summed E-state index contributed by atoms with van der Waals surface area (Å²) >= 11 is 4.77. The molecular formula is C17H18N4OS3. The average molecular weight is 391 g/mol. The second-order valence-corrected chi connectivity index (χ2v) is 9.08. The smallest absolute Gasteiger partial charge is 0.239 e. The Kier molecular flexibility index (Phi) is 5.00. The van der Waals surface area contributed by atoms with Crippen LogP contribution in [0, 0.1) is 0 Å². The Morgan fingerprint density at radius 2 is 2.20 bits per heavy atom. The van der Waals surface area contributed by atoms with E-state index < -0.39 is 0 Å². The van der Waals surface area contributed by atoms with Crippen molar-refractivity contribution in [1.82, 2.24) is 15.0 Å². The molecule has 1 unspecified atom stereocenters. The first-order valence-electron chi connectivity index (χ1n) is 8.38. The Morgan fingerprint density at radius 1 is 1.32 bits per heavy atom. The first kappa shape index (κ1) is 16.9. The van der Waals surface area contributed by atoms with Crippen molar-refractivity contribution in [3.8, 4) is 0 Å². The van der Waals surface area contributed by atoms with Gasteiger partial charge in [0.05, 0.1) is 5.25 Å². The summed E-state index contributed by atoms with van der Waals surface area (Å²) in [6.45, 7) is 2.03. The second-order valence-electron chi connectivity index (χ2n) is 5.91. The van der Waals surface area contributed by atoms with E-state index in [4.69, 9.17) is 0 Å². The van der Waals surface area contributed by atoms with Crippen LogP contribution < -0.4 is 5.32 Å². The molecule has 130 valence electrons. The van der Waals surface area contributed by atoms with Crippen LogP contribution in [0.4, 0.5) is 5.13 Å². The predicted octanol–water partition coefficient (Wildman–Crippen LogP) is 4.54. The van der Waals surface area contributed by atoms with E-state index in [1.165, 1.54) is 40.0 Å². The molecule has 0 saturated carbocycles. The van der Waals surface area contributed by atoms with Gasteiger partial charge in [-0.2, -0.15) is 0 Å². The SMILES string of the molecule is CCC(Sc1ncnc2sc3c(c12)CCCC3)C(=O)Nc1nccs1. The third-order valence-electron chi connectivity index (χ3n) is 4.30. The number of rotatable bonds is 5. The van der Waals surface area contributed by atoms with Crippen molar-refractivity contribution in [1.29, 1.82) is 0 Å². The number of thiazole rings is 1. The third kappa shape index (κ3) is 3.43. The van der Waals surface area contributed by atoms with Gasteiger partial charge in [-0.3, -0.25) is 4.79 Å². The number of thiophene rings is 1. The number of carbonyl (C=O) groups excluding carboxylic acids is 1. The molecule has 3 heterocycles. The summed E-state index contributed by atoms with van der Waals surface area (Å²) in [6, 6.07) is 0. The zero-order valence-electron chi connectivity index (χ0n) is 13.8. The van der Waals surface area contributed by atoms with Gasteiger partial charge < -0.3 is 5.32 Å². The van der Waals surface area contributed by atoms with E-state index in [0.29, 0.717) is 5.13 Å². The maximum absolute atomic E-state index is 12.6. The van der Waals surface area contributed by atoms with Gasteiger partial charge in [0.25, 0.3) is 0 Å². The molecule has 1 aliphatic rings. The lowest BCUT2D eigenvalue weighted by Crippen LogP contribution is -2.24. The van der Waals surface area contributed by atoms with Crippen molar-refractivity contribution in [2.45, 2.75) is 49.3 Å². The number of nitrogens with zero attached hydrogens (tertiary/aromatic N) is 3. The van der Waals surface area contributed by atoms with E-state index in [0.717, 1.165) is 29.1 Å². The number of anilines is 1. The van der Waals surface area contributed by atoms with Crippen LogP contribution in [0.25, 0.3) is 10.2 Å². The highest BCUT2D eigenvalue weighted by Crippen LogP contribution is 2.40. The summed E-state index contributed by atoms with van der Waals surface area (Å²) in [5, 5.41) is 7.32. The van der Waals surface area contributed by atoms with Crippen LogP contribution in [0.15, 0.2) is 22.9 Å². The van der Waals surface area contributed by atoms with Gasteiger partial charge in [-0.1, -0.05) is 18.7 Å². The highest BCUT2D eigenvalue weighted by molar-refractivity contribution is 8.00. The summed E-state index contributed by atoms with van der Waals surface area (Å²) in [6.07, 6.45) is 8.77. The Balaban J connectivity index is 1.62. The van der Waals surface area contributed by atoms with Crippen LogP contribution >= 0.6 is 34.4 Å². The Bertz CT molecular complexity index is 891. The van der Waals surface area contributed by atoms with Crippen molar-refractivity contribution in [3.63, 3.8) is 0 Å². The highest BCUT2D eigenvalue weighted by Gasteiger charge is 2.24. The van der Waals surface area contributed by atoms with Crippen LogP contribution in [0.3, 0.4) is 0 Å². The Hall–Kier alpha value is -1.51. The van der Waals surface area contributed by atoms with Gasteiger partial charge in [0.15, 0.2) is 5.13 Å². The molecule has 1 N–H and O–H groups in total. The molecule has 0 aromatic carbocycles. The predicted molar refractivity (Wildman–Crippen MR) is 105 cm³/mol. The molecule has 8 heteroatoms. The summed E-state index contributed by atoms with van der Waals surface area (Å²) in [7, 11) is 0. The normalized spacial score (nSPS) is 15.1. The largest absolute Gasteiger partial charge is 0.301 e. The van der Waals surface area contributed by atoms with Crippen molar-refractivity contribution >= 4 is 55.7 Å². The van der Waals surface area contributed by atoms with Gasteiger partial charge in [0, 0.05) is 21.8 Å². The summed E-state index contributed by atoms with van der Waals surface area (Å²) in [5.41, 5.74) is 1.41. The molecule has 0 radical (unpaired) electrons. The quantitative estimate of drug-likeness (QED) is 0.512. The van der Waals surface area contributed by atoms with E-state index in [2.05, 4.69) is 20.3 Å². The molecule has 0 saturated heterocycles. The molecule has 0 fully saturated rings. The van der Waals surface area contributed by atoms with Crippen LogP contribution in [-0.2, 0) is 17.6 Å². The number of hydrogen-bond acceptors (Lipinski definition) is 7. The van der Waals surface area contributed by atoms with E-state index in [1.807, 2.05) is 12.3 Å². The molecule has 0 bridgehead atoms. The summed E-state index contributed by atoms with van der Waals surface area (Å²) in [5.74, 6) is -0.0155. The molecule has 1 atom stereocenters. The van der Waals surface area contributed by atoms with Crippen molar-refractivity contribution in [2.24, 2.45) is 0 Å². The molecule has 0 aliphatic heterocycles. The van der Waals surface area contributed by atoms with E-state index in [9.17, 15) is 4.79 Å². The molecule has 1 amide bonds. The number of carbonyl (C=O) groups is 1. The van der Waals surface area contributed by atoms with Gasteiger partial charge >= 0.3 is 0 Å². The van der Waals surface area contributed by atoms with E-state index in [-0.39, 0.29) is 11.2 Å². The van der Waals surface area contributed by atoms with Gasteiger partial charge in [-0.05, 0) is 37.7 Å². The Labute approximate surface area is 158 Å². The number of nitrogens with one attached hydrogen (secondary N) is 1. The van der Waals surface area contributed by atoms with Crippen LogP contribution in [0.1, 0.15) is 36.6 Å².